The highest BCUT2D eigenvalue weighted by Gasteiger charge is 2.16. The van der Waals surface area contributed by atoms with Gasteiger partial charge >= 0.3 is 5.97 Å². The Morgan fingerprint density at radius 2 is 1.82 bits per heavy atom. The van der Waals surface area contributed by atoms with E-state index in [0.717, 1.165) is 18.1 Å². The Morgan fingerprint density at radius 3 is 2.61 bits per heavy atom. The van der Waals surface area contributed by atoms with Crippen LogP contribution in [0.1, 0.15) is 42.3 Å². The second kappa shape index (κ2) is 8.52. The quantitative estimate of drug-likeness (QED) is 0.652. The molecule has 1 heterocycles. The first kappa shape index (κ1) is 19.4. The monoisotopic (exact) mass is 379 g/mol. The van der Waals surface area contributed by atoms with Crippen molar-refractivity contribution in [3.8, 4) is 0 Å². The lowest BCUT2D eigenvalue weighted by Crippen LogP contribution is -2.22. The van der Waals surface area contributed by atoms with E-state index in [1.165, 1.54) is 0 Å². The summed E-state index contributed by atoms with van der Waals surface area (Å²) in [4.78, 5) is 36.5. The molecule has 144 valence electrons. The molecule has 0 radical (unpaired) electrons. The number of benzene rings is 2. The van der Waals surface area contributed by atoms with Gasteiger partial charge in [0.1, 0.15) is 5.58 Å². The van der Waals surface area contributed by atoms with Crippen molar-refractivity contribution in [2.24, 2.45) is 0 Å². The molecule has 1 atom stereocenters. The van der Waals surface area contributed by atoms with Gasteiger partial charge < -0.3 is 14.5 Å². The second-order valence-corrected chi connectivity index (χ2v) is 6.49. The Hall–Kier alpha value is -3.41. The van der Waals surface area contributed by atoms with Crippen LogP contribution in [0, 0.1) is 0 Å². The topological polar surface area (TPSA) is 85.6 Å². The van der Waals surface area contributed by atoms with Crippen molar-refractivity contribution in [2.75, 3.05) is 11.9 Å². The summed E-state index contributed by atoms with van der Waals surface area (Å²) < 4.78 is 10.4. The number of fused-ring (bicyclic) bond motifs is 1. The third-order valence-electron chi connectivity index (χ3n) is 4.55. The number of nitrogens with one attached hydrogen (secondary N) is 1. The Labute approximate surface area is 162 Å². The number of amides is 1. The fourth-order valence-electron chi connectivity index (χ4n) is 2.85. The molecule has 0 saturated heterocycles. The third-order valence-corrected chi connectivity index (χ3v) is 4.55. The van der Waals surface area contributed by atoms with Crippen LogP contribution in [0.15, 0.2) is 63.8 Å². The average molecular weight is 379 g/mol. The lowest BCUT2D eigenvalue weighted by atomic mass is 9.97. The molecule has 0 unspecified atom stereocenters. The lowest BCUT2D eigenvalue weighted by Gasteiger charge is -2.15. The maximum Gasteiger partial charge on any atom is 0.374 e. The molecular formula is C22H21NO5. The molecule has 0 saturated carbocycles. The first-order chi connectivity index (χ1) is 13.5. The summed E-state index contributed by atoms with van der Waals surface area (Å²) in [7, 11) is 0. The van der Waals surface area contributed by atoms with Crippen molar-refractivity contribution >= 4 is 28.5 Å². The highest BCUT2D eigenvalue weighted by Crippen LogP contribution is 2.26. The van der Waals surface area contributed by atoms with E-state index in [2.05, 4.69) is 19.2 Å². The molecule has 0 spiro atoms. The van der Waals surface area contributed by atoms with Crippen LogP contribution >= 0.6 is 0 Å². The molecule has 28 heavy (non-hydrogen) atoms. The molecule has 6 heteroatoms. The Kier molecular flexibility index (Phi) is 5.89. The van der Waals surface area contributed by atoms with Crippen LogP contribution in [0.5, 0.6) is 0 Å². The van der Waals surface area contributed by atoms with Crippen LogP contribution in [0.4, 0.5) is 5.69 Å². The lowest BCUT2D eigenvalue weighted by molar-refractivity contribution is -0.119. The van der Waals surface area contributed by atoms with E-state index in [-0.39, 0.29) is 22.7 Å². The summed E-state index contributed by atoms with van der Waals surface area (Å²) in [5.74, 6) is -1.29. The van der Waals surface area contributed by atoms with Gasteiger partial charge in [-0.1, -0.05) is 44.2 Å². The largest absolute Gasteiger partial charge is 0.450 e. The highest BCUT2D eigenvalue weighted by atomic mass is 16.5. The van der Waals surface area contributed by atoms with Crippen LogP contribution in [0.3, 0.4) is 0 Å². The summed E-state index contributed by atoms with van der Waals surface area (Å²) >= 11 is 0. The van der Waals surface area contributed by atoms with Crippen LogP contribution in [-0.4, -0.2) is 18.5 Å². The smallest absolute Gasteiger partial charge is 0.374 e. The standard InChI is InChI=1S/C22H21NO5/c1-3-14(2)15-8-4-6-10-17(15)23-21(25)13-27-22(26)20-12-18(24)16-9-5-7-11-19(16)28-20/h4-12,14H,3,13H2,1-2H3,(H,23,25)/t14-/m0/s1. The highest BCUT2D eigenvalue weighted by molar-refractivity contribution is 5.95. The van der Waals surface area contributed by atoms with E-state index in [9.17, 15) is 14.4 Å². The molecule has 1 N–H and O–H groups in total. The zero-order chi connectivity index (χ0) is 20.1. The molecule has 0 aliphatic carbocycles. The van der Waals surface area contributed by atoms with Gasteiger partial charge in [0.05, 0.1) is 5.39 Å². The number of hydrogen-bond acceptors (Lipinski definition) is 5. The van der Waals surface area contributed by atoms with Gasteiger partial charge in [-0.15, -0.1) is 0 Å². The summed E-state index contributed by atoms with van der Waals surface area (Å²) in [5.41, 5.74) is 1.65. The first-order valence-electron chi connectivity index (χ1n) is 9.08. The summed E-state index contributed by atoms with van der Waals surface area (Å²) in [6.07, 6.45) is 0.933. The van der Waals surface area contributed by atoms with Crippen molar-refractivity contribution in [2.45, 2.75) is 26.2 Å². The SMILES string of the molecule is CC[C@H](C)c1ccccc1NC(=O)COC(=O)c1cc(=O)c2ccccc2o1. The summed E-state index contributed by atoms with van der Waals surface area (Å²) in [6, 6.07) is 15.2. The molecule has 0 bridgehead atoms. The Balaban J connectivity index is 1.67. The minimum absolute atomic E-state index is 0.239. The number of anilines is 1. The van der Waals surface area contributed by atoms with Gasteiger partial charge in [0.2, 0.25) is 5.76 Å². The zero-order valence-corrected chi connectivity index (χ0v) is 15.7. The number of ether oxygens (including phenoxy) is 1. The van der Waals surface area contributed by atoms with E-state index in [4.69, 9.17) is 9.15 Å². The van der Waals surface area contributed by atoms with Gasteiger partial charge in [0, 0.05) is 11.8 Å². The van der Waals surface area contributed by atoms with Gasteiger partial charge in [0.15, 0.2) is 12.0 Å². The minimum atomic E-state index is -0.867. The Morgan fingerprint density at radius 1 is 1.11 bits per heavy atom. The fourth-order valence-corrected chi connectivity index (χ4v) is 2.85. The molecule has 1 amide bonds. The van der Waals surface area contributed by atoms with Crippen LogP contribution < -0.4 is 10.7 Å². The molecule has 0 aliphatic rings. The van der Waals surface area contributed by atoms with Crippen molar-refractivity contribution in [1.29, 1.82) is 0 Å². The van der Waals surface area contributed by atoms with Gasteiger partial charge in [-0.2, -0.15) is 0 Å². The normalized spacial score (nSPS) is 11.8. The number of rotatable bonds is 6. The molecule has 3 rings (SSSR count). The third kappa shape index (κ3) is 4.28. The van der Waals surface area contributed by atoms with E-state index < -0.39 is 18.5 Å². The Bertz CT molecular complexity index is 1070. The number of hydrogen-bond donors (Lipinski definition) is 1. The minimum Gasteiger partial charge on any atom is -0.450 e. The van der Waals surface area contributed by atoms with Crippen molar-refractivity contribution in [1.82, 2.24) is 0 Å². The molecule has 2 aromatic carbocycles. The first-order valence-corrected chi connectivity index (χ1v) is 9.08. The van der Waals surface area contributed by atoms with Crippen molar-refractivity contribution < 1.29 is 18.7 Å². The molecular weight excluding hydrogens is 358 g/mol. The van der Waals surface area contributed by atoms with Crippen molar-refractivity contribution in [3.63, 3.8) is 0 Å². The molecule has 3 aromatic rings. The predicted molar refractivity (Wildman–Crippen MR) is 107 cm³/mol. The predicted octanol–water partition coefficient (Wildman–Crippen LogP) is 4.10. The van der Waals surface area contributed by atoms with Crippen LogP contribution in [-0.2, 0) is 9.53 Å². The van der Waals surface area contributed by atoms with Gasteiger partial charge in [-0.05, 0) is 36.1 Å². The van der Waals surface area contributed by atoms with E-state index >= 15 is 0 Å². The number of para-hydroxylation sites is 2. The van der Waals surface area contributed by atoms with Gasteiger partial charge in [-0.25, -0.2) is 4.79 Å². The number of carbonyl (C=O) groups is 2. The summed E-state index contributed by atoms with van der Waals surface area (Å²) in [6.45, 7) is 3.67. The van der Waals surface area contributed by atoms with Gasteiger partial charge in [-0.3, -0.25) is 9.59 Å². The average Bonchev–Trinajstić information content (AvgIpc) is 2.71. The molecule has 1 aromatic heterocycles. The number of carbonyl (C=O) groups excluding carboxylic acids is 2. The van der Waals surface area contributed by atoms with Crippen LogP contribution in [0.2, 0.25) is 0 Å². The number of esters is 1. The zero-order valence-electron chi connectivity index (χ0n) is 15.7. The van der Waals surface area contributed by atoms with Gasteiger partial charge in [0.25, 0.3) is 5.91 Å². The molecule has 0 aliphatic heterocycles. The fraction of sp³-hybridized carbons (Fsp3) is 0.227. The molecule has 6 nitrogen and oxygen atoms in total. The van der Waals surface area contributed by atoms with Crippen LogP contribution in [0.25, 0.3) is 11.0 Å². The van der Waals surface area contributed by atoms with E-state index in [0.29, 0.717) is 11.1 Å². The van der Waals surface area contributed by atoms with E-state index in [1.807, 2.05) is 24.3 Å². The molecule has 0 fully saturated rings. The van der Waals surface area contributed by atoms with Crippen molar-refractivity contribution in [3.05, 3.63) is 76.1 Å². The summed E-state index contributed by atoms with van der Waals surface area (Å²) in [5, 5.41) is 3.14. The maximum absolute atomic E-state index is 12.2. The van der Waals surface area contributed by atoms with E-state index in [1.54, 1.807) is 24.3 Å². The second-order valence-electron chi connectivity index (χ2n) is 6.49. The maximum atomic E-state index is 12.2.